The number of carbonyl (C=O) groups is 1. The number of hydrogen-bond donors (Lipinski definition) is 1. The third-order valence-corrected chi connectivity index (χ3v) is 4.40. The van der Waals surface area contributed by atoms with Gasteiger partial charge in [0, 0.05) is 0 Å². The fourth-order valence-electron chi connectivity index (χ4n) is 2.88. The van der Waals surface area contributed by atoms with Gasteiger partial charge in [0.05, 0.1) is 26.9 Å². The van der Waals surface area contributed by atoms with Crippen LogP contribution in [0.1, 0.15) is 28.8 Å². The van der Waals surface area contributed by atoms with Crippen LogP contribution in [0.2, 0.25) is 0 Å². The molecule has 0 saturated heterocycles. The van der Waals surface area contributed by atoms with E-state index >= 15 is 0 Å². The summed E-state index contributed by atoms with van der Waals surface area (Å²) in [5.74, 6) is 1.60. The Kier molecular flexibility index (Phi) is 4.34. The molecule has 24 heavy (non-hydrogen) atoms. The van der Waals surface area contributed by atoms with Gasteiger partial charge in [0.2, 0.25) is 0 Å². The normalized spacial score (nSPS) is 14.6. The summed E-state index contributed by atoms with van der Waals surface area (Å²) in [6.07, 6.45) is 1.81. The molecule has 5 heteroatoms. The monoisotopic (exact) mass is 327 g/mol. The van der Waals surface area contributed by atoms with E-state index in [-0.39, 0.29) is 11.4 Å². The van der Waals surface area contributed by atoms with Crippen LogP contribution in [-0.2, 0) is 5.54 Å². The van der Waals surface area contributed by atoms with E-state index in [1.54, 1.807) is 39.5 Å². The molecule has 1 saturated carbocycles. The SMILES string of the molecule is COc1ccc(C2(NC(=O)c3c(OC)cccc3OC)CC2)cc1. The summed E-state index contributed by atoms with van der Waals surface area (Å²) in [5, 5.41) is 3.15. The van der Waals surface area contributed by atoms with Gasteiger partial charge in [-0.15, -0.1) is 0 Å². The minimum Gasteiger partial charge on any atom is -0.497 e. The van der Waals surface area contributed by atoms with Gasteiger partial charge in [-0.2, -0.15) is 0 Å². The Morgan fingerprint density at radius 2 is 1.50 bits per heavy atom. The lowest BCUT2D eigenvalue weighted by Crippen LogP contribution is -2.35. The molecule has 0 atom stereocenters. The van der Waals surface area contributed by atoms with Crippen LogP contribution in [-0.4, -0.2) is 27.2 Å². The molecule has 2 aromatic rings. The molecule has 1 amide bonds. The topological polar surface area (TPSA) is 56.8 Å². The van der Waals surface area contributed by atoms with Crippen LogP contribution in [0.4, 0.5) is 0 Å². The van der Waals surface area contributed by atoms with Gasteiger partial charge in [0.15, 0.2) is 0 Å². The highest BCUT2D eigenvalue weighted by atomic mass is 16.5. The molecular formula is C19H21NO4. The Bertz CT molecular complexity index is 713. The van der Waals surface area contributed by atoms with E-state index in [4.69, 9.17) is 14.2 Å². The number of rotatable bonds is 6. The molecule has 0 spiro atoms. The summed E-state index contributed by atoms with van der Waals surface area (Å²) in [6, 6.07) is 13.1. The van der Waals surface area contributed by atoms with E-state index in [1.165, 1.54) is 0 Å². The standard InChI is InChI=1S/C19H21NO4/c1-22-14-9-7-13(8-10-14)19(11-12-19)20-18(21)17-15(23-2)5-4-6-16(17)24-3/h4-10H,11-12H2,1-3H3,(H,20,21). The first-order valence-corrected chi connectivity index (χ1v) is 7.81. The van der Waals surface area contributed by atoms with Crippen molar-refractivity contribution in [3.63, 3.8) is 0 Å². The van der Waals surface area contributed by atoms with Crippen molar-refractivity contribution in [3.05, 3.63) is 53.6 Å². The number of benzene rings is 2. The minimum atomic E-state index is -0.324. The highest BCUT2D eigenvalue weighted by Crippen LogP contribution is 2.46. The quantitative estimate of drug-likeness (QED) is 0.885. The summed E-state index contributed by atoms with van der Waals surface area (Å²) in [7, 11) is 4.72. The van der Waals surface area contributed by atoms with E-state index in [0.29, 0.717) is 17.1 Å². The highest BCUT2D eigenvalue weighted by molar-refractivity contribution is 6.00. The first kappa shape index (κ1) is 16.2. The zero-order chi connectivity index (χ0) is 17.2. The van der Waals surface area contributed by atoms with Crippen molar-refractivity contribution in [3.8, 4) is 17.2 Å². The molecule has 126 valence electrons. The minimum absolute atomic E-state index is 0.197. The van der Waals surface area contributed by atoms with Crippen LogP contribution < -0.4 is 19.5 Å². The fourth-order valence-corrected chi connectivity index (χ4v) is 2.88. The summed E-state index contributed by atoms with van der Waals surface area (Å²) in [5.41, 5.74) is 1.17. The molecule has 0 heterocycles. The van der Waals surface area contributed by atoms with Crippen molar-refractivity contribution in [2.75, 3.05) is 21.3 Å². The molecular weight excluding hydrogens is 306 g/mol. The zero-order valence-corrected chi connectivity index (χ0v) is 14.1. The van der Waals surface area contributed by atoms with Gasteiger partial charge in [0.25, 0.3) is 5.91 Å². The van der Waals surface area contributed by atoms with Gasteiger partial charge < -0.3 is 19.5 Å². The summed E-state index contributed by atoms with van der Waals surface area (Å²) in [4.78, 5) is 12.9. The second-order valence-electron chi connectivity index (χ2n) is 5.80. The van der Waals surface area contributed by atoms with Crippen molar-refractivity contribution in [2.24, 2.45) is 0 Å². The molecule has 0 aromatic heterocycles. The summed E-state index contributed by atoms with van der Waals surface area (Å²) in [6.45, 7) is 0. The average Bonchev–Trinajstić information content (AvgIpc) is 3.41. The molecule has 1 N–H and O–H groups in total. The Labute approximate surface area is 141 Å². The molecule has 0 unspecified atom stereocenters. The molecule has 3 rings (SSSR count). The second-order valence-corrected chi connectivity index (χ2v) is 5.80. The van der Waals surface area contributed by atoms with Crippen molar-refractivity contribution in [1.82, 2.24) is 5.32 Å². The number of ether oxygens (including phenoxy) is 3. The van der Waals surface area contributed by atoms with E-state index in [1.807, 2.05) is 24.3 Å². The van der Waals surface area contributed by atoms with Crippen LogP contribution >= 0.6 is 0 Å². The van der Waals surface area contributed by atoms with Crippen LogP contribution in [0.3, 0.4) is 0 Å². The number of nitrogens with one attached hydrogen (secondary N) is 1. The van der Waals surface area contributed by atoms with Crippen LogP contribution in [0.15, 0.2) is 42.5 Å². The highest BCUT2D eigenvalue weighted by Gasteiger charge is 2.46. The molecule has 0 aliphatic heterocycles. The summed E-state index contributed by atoms with van der Waals surface area (Å²) >= 11 is 0. The molecule has 1 aliphatic carbocycles. The van der Waals surface area contributed by atoms with Crippen LogP contribution in [0.5, 0.6) is 17.2 Å². The predicted molar refractivity (Wildman–Crippen MR) is 90.9 cm³/mol. The molecule has 0 bridgehead atoms. The van der Waals surface area contributed by atoms with Crippen molar-refractivity contribution in [2.45, 2.75) is 18.4 Å². The largest absolute Gasteiger partial charge is 0.497 e. The van der Waals surface area contributed by atoms with Gasteiger partial charge in [-0.1, -0.05) is 18.2 Å². The first-order valence-electron chi connectivity index (χ1n) is 7.81. The van der Waals surface area contributed by atoms with E-state index in [9.17, 15) is 4.79 Å². The van der Waals surface area contributed by atoms with Crippen molar-refractivity contribution < 1.29 is 19.0 Å². The Hall–Kier alpha value is -2.69. The molecule has 0 radical (unpaired) electrons. The molecule has 2 aromatic carbocycles. The third kappa shape index (κ3) is 2.89. The zero-order valence-electron chi connectivity index (χ0n) is 14.1. The maximum atomic E-state index is 12.9. The third-order valence-electron chi connectivity index (χ3n) is 4.40. The lowest BCUT2D eigenvalue weighted by atomic mass is 10.0. The maximum Gasteiger partial charge on any atom is 0.259 e. The van der Waals surface area contributed by atoms with Crippen molar-refractivity contribution >= 4 is 5.91 Å². The van der Waals surface area contributed by atoms with Gasteiger partial charge in [-0.3, -0.25) is 4.79 Å². The summed E-state index contributed by atoms with van der Waals surface area (Å²) < 4.78 is 15.8. The van der Waals surface area contributed by atoms with Gasteiger partial charge in [-0.05, 0) is 42.7 Å². The van der Waals surface area contributed by atoms with E-state index in [0.717, 1.165) is 24.2 Å². The van der Waals surface area contributed by atoms with Gasteiger partial charge >= 0.3 is 0 Å². The smallest absolute Gasteiger partial charge is 0.259 e. The van der Waals surface area contributed by atoms with Gasteiger partial charge in [-0.25, -0.2) is 0 Å². The van der Waals surface area contributed by atoms with Crippen LogP contribution in [0.25, 0.3) is 0 Å². The van der Waals surface area contributed by atoms with E-state index < -0.39 is 0 Å². The lowest BCUT2D eigenvalue weighted by molar-refractivity contribution is 0.0924. The maximum absolute atomic E-state index is 12.9. The number of carbonyl (C=O) groups excluding carboxylic acids is 1. The van der Waals surface area contributed by atoms with Crippen LogP contribution in [0, 0.1) is 0 Å². The lowest BCUT2D eigenvalue weighted by Gasteiger charge is -2.20. The Balaban J connectivity index is 1.87. The van der Waals surface area contributed by atoms with Gasteiger partial charge in [0.1, 0.15) is 22.8 Å². The number of amides is 1. The Morgan fingerprint density at radius 3 is 1.96 bits per heavy atom. The number of methoxy groups -OCH3 is 3. The Morgan fingerprint density at radius 1 is 0.917 bits per heavy atom. The molecule has 5 nitrogen and oxygen atoms in total. The van der Waals surface area contributed by atoms with E-state index in [2.05, 4.69) is 5.32 Å². The average molecular weight is 327 g/mol. The number of hydrogen-bond acceptors (Lipinski definition) is 4. The fraction of sp³-hybridized carbons (Fsp3) is 0.316. The molecule has 1 fully saturated rings. The first-order chi connectivity index (χ1) is 11.6. The predicted octanol–water partition coefficient (Wildman–Crippen LogP) is 3.13. The van der Waals surface area contributed by atoms with Crippen molar-refractivity contribution in [1.29, 1.82) is 0 Å². The molecule has 1 aliphatic rings. The second kappa shape index (κ2) is 6.43.